The van der Waals surface area contributed by atoms with Gasteiger partial charge in [-0.05, 0) is 85.5 Å². The molecule has 0 spiro atoms. The number of halogens is 2. The highest BCUT2D eigenvalue weighted by atomic mass is 35.5. The van der Waals surface area contributed by atoms with Gasteiger partial charge in [0.25, 0.3) is 0 Å². The average molecular weight is 599 g/mol. The molecule has 0 aliphatic heterocycles. The van der Waals surface area contributed by atoms with E-state index in [2.05, 4.69) is 4.98 Å². The molecule has 4 aromatic rings. The number of carbonyl (C=O) groups is 1. The lowest BCUT2D eigenvalue weighted by molar-refractivity contribution is -0.138. The summed E-state index contributed by atoms with van der Waals surface area (Å²) in [5, 5.41) is 11.1. The standard InChI is InChI=1S/C31H29Cl2NO5S/c1-21(5-16-31(35)36)39-30(17-18-40(37,38)28-14-10-25(32)11-15-28)24-4-2-3-22(19-24)6-12-27-13-8-23-7-9-26(33)20-29(23)34-27/h2-4,6-15,19-21,30H,5,16-18H2,1H3,(H,35,36)/b12-6+. The van der Waals surface area contributed by atoms with Gasteiger partial charge in [0.15, 0.2) is 9.84 Å². The number of aromatic nitrogens is 1. The zero-order chi connectivity index (χ0) is 28.7. The van der Waals surface area contributed by atoms with E-state index in [0.29, 0.717) is 16.5 Å². The van der Waals surface area contributed by atoms with Crippen molar-refractivity contribution < 1.29 is 23.1 Å². The number of ether oxygens (including phenoxy) is 1. The number of nitrogens with zero attached hydrogens (tertiary/aromatic N) is 1. The summed E-state index contributed by atoms with van der Waals surface area (Å²) < 4.78 is 32.3. The first-order chi connectivity index (χ1) is 19.1. The number of pyridine rings is 1. The molecule has 0 amide bonds. The van der Waals surface area contributed by atoms with Crippen LogP contribution in [0, 0.1) is 0 Å². The maximum atomic E-state index is 13.0. The predicted octanol–water partition coefficient (Wildman–Crippen LogP) is 7.89. The minimum atomic E-state index is -3.58. The number of rotatable bonds is 12. The molecule has 0 fully saturated rings. The molecule has 2 atom stereocenters. The lowest BCUT2D eigenvalue weighted by Gasteiger charge is -2.23. The second kappa shape index (κ2) is 13.4. The highest BCUT2D eigenvalue weighted by molar-refractivity contribution is 7.91. The third kappa shape index (κ3) is 8.38. The van der Waals surface area contributed by atoms with Gasteiger partial charge < -0.3 is 9.84 Å². The van der Waals surface area contributed by atoms with Crippen molar-refractivity contribution in [3.8, 4) is 0 Å². The van der Waals surface area contributed by atoms with Gasteiger partial charge in [-0.25, -0.2) is 13.4 Å². The number of hydrogen-bond acceptors (Lipinski definition) is 5. The molecule has 0 saturated heterocycles. The summed E-state index contributed by atoms with van der Waals surface area (Å²) in [6, 6.07) is 23.2. The van der Waals surface area contributed by atoms with E-state index in [1.807, 2.05) is 66.7 Å². The zero-order valence-corrected chi connectivity index (χ0v) is 24.2. The number of carboxylic acid groups (broad SMARTS) is 1. The number of aliphatic carboxylic acids is 1. The first-order valence-corrected chi connectivity index (χ1v) is 15.2. The molecule has 6 nitrogen and oxygen atoms in total. The van der Waals surface area contributed by atoms with Crippen LogP contribution in [0.5, 0.6) is 0 Å². The van der Waals surface area contributed by atoms with Crippen molar-refractivity contribution in [1.82, 2.24) is 4.98 Å². The highest BCUT2D eigenvalue weighted by Gasteiger charge is 2.22. The number of sulfone groups is 1. The normalized spacial score (nSPS) is 13.5. The predicted molar refractivity (Wildman–Crippen MR) is 160 cm³/mol. The average Bonchev–Trinajstić information content (AvgIpc) is 2.93. The van der Waals surface area contributed by atoms with Crippen LogP contribution in [-0.2, 0) is 19.4 Å². The molecule has 208 valence electrons. The van der Waals surface area contributed by atoms with Crippen molar-refractivity contribution >= 4 is 62.1 Å². The Morgan fingerprint density at radius 3 is 2.42 bits per heavy atom. The van der Waals surface area contributed by atoms with E-state index in [4.69, 9.17) is 33.0 Å². The third-order valence-corrected chi connectivity index (χ3v) is 8.64. The Bertz CT molecular complexity index is 1620. The van der Waals surface area contributed by atoms with Crippen molar-refractivity contribution in [2.24, 2.45) is 0 Å². The monoisotopic (exact) mass is 597 g/mol. The highest BCUT2D eigenvalue weighted by Crippen LogP contribution is 2.28. The Kier molecular flexibility index (Phi) is 9.98. The van der Waals surface area contributed by atoms with Gasteiger partial charge in [0.1, 0.15) is 0 Å². The molecule has 1 N–H and O–H groups in total. The first-order valence-electron chi connectivity index (χ1n) is 12.8. The van der Waals surface area contributed by atoms with E-state index in [1.54, 1.807) is 19.1 Å². The minimum Gasteiger partial charge on any atom is -0.481 e. The second-order valence-corrected chi connectivity index (χ2v) is 12.5. The van der Waals surface area contributed by atoms with Gasteiger partial charge >= 0.3 is 5.97 Å². The van der Waals surface area contributed by atoms with Crippen LogP contribution in [0.1, 0.15) is 49.1 Å². The van der Waals surface area contributed by atoms with Gasteiger partial charge in [0.05, 0.1) is 34.1 Å². The summed E-state index contributed by atoms with van der Waals surface area (Å²) in [5.74, 6) is -1.05. The van der Waals surface area contributed by atoms with E-state index >= 15 is 0 Å². The molecule has 2 unspecified atom stereocenters. The summed E-state index contributed by atoms with van der Waals surface area (Å²) in [5.41, 5.74) is 3.25. The number of benzene rings is 3. The number of hydrogen-bond donors (Lipinski definition) is 1. The van der Waals surface area contributed by atoms with Gasteiger partial charge in [-0.1, -0.05) is 59.6 Å². The number of carboxylic acids is 1. The van der Waals surface area contributed by atoms with Gasteiger partial charge in [0, 0.05) is 21.9 Å². The van der Waals surface area contributed by atoms with Crippen LogP contribution in [-0.4, -0.2) is 36.3 Å². The fourth-order valence-corrected chi connectivity index (χ4v) is 5.86. The summed E-state index contributed by atoms with van der Waals surface area (Å²) in [6.07, 6.45) is 3.36. The smallest absolute Gasteiger partial charge is 0.303 e. The molecule has 40 heavy (non-hydrogen) atoms. The largest absolute Gasteiger partial charge is 0.481 e. The molecule has 1 heterocycles. The van der Waals surface area contributed by atoms with Crippen LogP contribution in [0.4, 0.5) is 0 Å². The van der Waals surface area contributed by atoms with E-state index in [9.17, 15) is 13.2 Å². The summed E-state index contributed by atoms with van der Waals surface area (Å²) in [7, 11) is -3.58. The molecule has 3 aromatic carbocycles. The SMILES string of the molecule is CC(CCC(=O)O)OC(CCS(=O)(=O)c1ccc(Cl)cc1)c1cccc(/C=C/c2ccc3ccc(Cl)cc3n2)c1. The molecular weight excluding hydrogens is 569 g/mol. The fraction of sp³-hybridized carbons (Fsp3) is 0.226. The molecule has 9 heteroatoms. The minimum absolute atomic E-state index is 0.0380. The quantitative estimate of drug-likeness (QED) is 0.178. The van der Waals surface area contributed by atoms with Crippen LogP contribution in [0.2, 0.25) is 10.0 Å². The van der Waals surface area contributed by atoms with Crippen LogP contribution in [0.25, 0.3) is 23.1 Å². The Balaban J connectivity index is 1.55. The van der Waals surface area contributed by atoms with Crippen LogP contribution in [0.3, 0.4) is 0 Å². The second-order valence-electron chi connectivity index (χ2n) is 9.51. The molecule has 1 aromatic heterocycles. The molecular formula is C31H29Cl2NO5S. The Hall–Kier alpha value is -3.23. The van der Waals surface area contributed by atoms with Crippen molar-refractivity contribution in [2.45, 2.75) is 43.3 Å². The van der Waals surface area contributed by atoms with Gasteiger partial charge in [-0.2, -0.15) is 0 Å². The van der Waals surface area contributed by atoms with Crippen molar-refractivity contribution in [3.63, 3.8) is 0 Å². The molecule has 4 rings (SSSR count). The van der Waals surface area contributed by atoms with Gasteiger partial charge in [-0.3, -0.25) is 4.79 Å². The molecule has 0 aliphatic carbocycles. The van der Waals surface area contributed by atoms with Crippen LogP contribution < -0.4 is 0 Å². The Morgan fingerprint density at radius 1 is 0.950 bits per heavy atom. The third-order valence-electron chi connectivity index (χ3n) is 6.39. The molecule has 0 bridgehead atoms. The van der Waals surface area contributed by atoms with Crippen molar-refractivity contribution in [3.05, 3.63) is 106 Å². The van der Waals surface area contributed by atoms with Crippen LogP contribution in [0.15, 0.2) is 83.8 Å². The zero-order valence-electron chi connectivity index (χ0n) is 21.8. The topological polar surface area (TPSA) is 93.6 Å². The van der Waals surface area contributed by atoms with Crippen molar-refractivity contribution in [1.29, 1.82) is 0 Å². The lowest BCUT2D eigenvalue weighted by Crippen LogP contribution is -2.18. The summed E-state index contributed by atoms with van der Waals surface area (Å²) >= 11 is 12.0. The molecule has 0 aliphatic rings. The Morgan fingerprint density at radius 2 is 1.68 bits per heavy atom. The maximum Gasteiger partial charge on any atom is 0.303 e. The maximum absolute atomic E-state index is 13.0. The van der Waals surface area contributed by atoms with E-state index < -0.39 is 21.9 Å². The molecule has 0 radical (unpaired) electrons. The number of fused-ring (bicyclic) bond motifs is 1. The fourth-order valence-electron chi connectivity index (χ4n) is 4.25. The van der Waals surface area contributed by atoms with Gasteiger partial charge in [-0.15, -0.1) is 0 Å². The van der Waals surface area contributed by atoms with E-state index in [-0.39, 0.29) is 29.6 Å². The first kappa shape index (κ1) is 29.7. The van der Waals surface area contributed by atoms with E-state index in [1.165, 1.54) is 12.1 Å². The van der Waals surface area contributed by atoms with Crippen LogP contribution >= 0.6 is 23.2 Å². The molecule has 0 saturated carbocycles. The van der Waals surface area contributed by atoms with Gasteiger partial charge in [0.2, 0.25) is 0 Å². The van der Waals surface area contributed by atoms with Crippen molar-refractivity contribution in [2.75, 3.05) is 5.75 Å². The lowest BCUT2D eigenvalue weighted by atomic mass is 10.0. The summed E-state index contributed by atoms with van der Waals surface area (Å²) in [6.45, 7) is 1.80. The Labute approximate surface area is 244 Å². The summed E-state index contributed by atoms with van der Waals surface area (Å²) in [4.78, 5) is 15.9. The van der Waals surface area contributed by atoms with E-state index in [0.717, 1.165) is 27.7 Å².